The molecule has 0 bridgehead atoms. The molecule has 1 atom stereocenters. The lowest BCUT2D eigenvalue weighted by atomic mass is 9.78. The lowest BCUT2D eigenvalue weighted by Gasteiger charge is -2.46. The van der Waals surface area contributed by atoms with E-state index in [1.165, 1.54) is 0 Å². The van der Waals surface area contributed by atoms with E-state index in [2.05, 4.69) is 5.32 Å². The van der Waals surface area contributed by atoms with Crippen LogP contribution in [0.2, 0.25) is 0 Å². The summed E-state index contributed by atoms with van der Waals surface area (Å²) in [5, 5.41) is 25.7. The number of aromatic hydroxyl groups is 1. The molecule has 0 spiro atoms. The van der Waals surface area contributed by atoms with Gasteiger partial charge in [-0.1, -0.05) is 30.3 Å². The summed E-state index contributed by atoms with van der Waals surface area (Å²) in [6.07, 6.45) is 4.41. The van der Waals surface area contributed by atoms with Gasteiger partial charge in [0.25, 0.3) is 5.91 Å². The number of ether oxygens (including phenoxy) is 1. The van der Waals surface area contributed by atoms with Gasteiger partial charge in [0, 0.05) is 63.7 Å². The van der Waals surface area contributed by atoms with Gasteiger partial charge in [-0.25, -0.2) is 9.59 Å². The number of carbonyl (C=O) groups excluding carboxylic acids is 3. The maximum Gasteiger partial charge on any atom is 0.410 e. The zero-order chi connectivity index (χ0) is 34.0. The number of carbonyl (C=O) groups is 3. The molecule has 2 N–H and O–H groups in total. The van der Waals surface area contributed by atoms with Gasteiger partial charge in [0.1, 0.15) is 5.75 Å². The highest BCUT2D eigenvalue weighted by atomic mass is 16.6. The van der Waals surface area contributed by atoms with E-state index < -0.39 is 12.2 Å². The van der Waals surface area contributed by atoms with Gasteiger partial charge in [0.15, 0.2) is 6.10 Å². The minimum Gasteiger partial charge on any atom is -0.633 e. The first kappa shape index (κ1) is 34.0. The van der Waals surface area contributed by atoms with E-state index in [0.29, 0.717) is 81.6 Å². The highest BCUT2D eigenvalue weighted by Crippen LogP contribution is 2.34. The number of anilines is 1. The summed E-state index contributed by atoms with van der Waals surface area (Å²) in [7, 11) is 1.76. The number of likely N-dealkylation sites (tertiary alicyclic amines) is 3. The van der Waals surface area contributed by atoms with Crippen molar-refractivity contribution < 1.29 is 28.9 Å². The molecule has 0 aliphatic carbocycles. The Bertz CT molecular complexity index is 1460. The molecule has 0 saturated carbocycles. The number of phenolic OH excluding ortho intramolecular Hbond substituents is 1. The van der Waals surface area contributed by atoms with Crippen LogP contribution in [0.1, 0.15) is 60.8 Å². The first-order chi connectivity index (χ1) is 23.0. The first-order valence-electron chi connectivity index (χ1n) is 17.7. The summed E-state index contributed by atoms with van der Waals surface area (Å²) in [5.41, 5.74) is 4.23. The number of quaternary nitrogens is 1. The fraction of sp³-hybridized carbons (Fsp3) is 0.595. The third kappa shape index (κ3) is 7.73. The number of nitrogens with zero attached hydrogens (tertiary/aromatic N) is 4. The number of aryl methyl sites for hydroxylation is 2. The molecule has 4 aliphatic heterocycles. The summed E-state index contributed by atoms with van der Waals surface area (Å²) in [6.45, 7) is 7.68. The monoisotopic (exact) mass is 661 g/mol. The van der Waals surface area contributed by atoms with Crippen molar-refractivity contribution in [1.29, 1.82) is 0 Å². The average Bonchev–Trinajstić information content (AvgIpc) is 3.24. The molecule has 2 aromatic carbocycles. The van der Waals surface area contributed by atoms with Crippen molar-refractivity contribution >= 4 is 23.7 Å². The zero-order valence-corrected chi connectivity index (χ0v) is 28.7. The van der Waals surface area contributed by atoms with Crippen LogP contribution in [0.5, 0.6) is 5.75 Å². The maximum absolute atomic E-state index is 14.0. The van der Waals surface area contributed by atoms with Gasteiger partial charge < -0.3 is 39.7 Å². The Labute approximate surface area is 284 Å². The van der Waals surface area contributed by atoms with Crippen LogP contribution in [0, 0.1) is 30.9 Å². The number of para-hydroxylation sites is 1. The van der Waals surface area contributed by atoms with Crippen molar-refractivity contribution in [1.82, 2.24) is 14.7 Å². The number of piperidine rings is 3. The fourth-order valence-corrected chi connectivity index (χ4v) is 8.25. The Morgan fingerprint density at radius 1 is 0.938 bits per heavy atom. The largest absolute Gasteiger partial charge is 0.633 e. The second kappa shape index (κ2) is 14.3. The van der Waals surface area contributed by atoms with Crippen molar-refractivity contribution in [2.45, 2.75) is 77.4 Å². The molecule has 2 aromatic rings. The Morgan fingerprint density at radius 2 is 1.54 bits per heavy atom. The Balaban J connectivity index is 1.08. The number of amides is 4. The van der Waals surface area contributed by atoms with Crippen LogP contribution < -0.4 is 5.32 Å². The van der Waals surface area contributed by atoms with Crippen molar-refractivity contribution in [3.8, 4) is 5.75 Å². The number of nitrogens with one attached hydrogen (secondary N) is 1. The predicted octanol–water partition coefficient (Wildman–Crippen LogP) is 5.20. The number of hydroxylamine groups is 3. The fourth-order valence-electron chi connectivity index (χ4n) is 8.25. The molecule has 260 valence electrons. The number of benzene rings is 2. The summed E-state index contributed by atoms with van der Waals surface area (Å²) in [5.74, 6) is 1.06. The topological polar surface area (TPSA) is 125 Å². The van der Waals surface area contributed by atoms with Gasteiger partial charge in [-0.05, 0) is 86.1 Å². The number of hydrogen-bond acceptors (Lipinski definition) is 6. The van der Waals surface area contributed by atoms with Crippen molar-refractivity contribution in [2.75, 3.05) is 58.2 Å². The minimum absolute atomic E-state index is 0.00975. The van der Waals surface area contributed by atoms with E-state index >= 15 is 0 Å². The summed E-state index contributed by atoms with van der Waals surface area (Å²) >= 11 is 0. The van der Waals surface area contributed by atoms with Crippen molar-refractivity contribution in [3.63, 3.8) is 0 Å². The van der Waals surface area contributed by atoms with Gasteiger partial charge in [-0.2, -0.15) is 0 Å². The van der Waals surface area contributed by atoms with Crippen LogP contribution in [-0.4, -0.2) is 107 Å². The van der Waals surface area contributed by atoms with Crippen molar-refractivity contribution in [2.24, 2.45) is 11.8 Å². The number of fused-ring (bicyclic) bond motifs is 1. The van der Waals surface area contributed by atoms with E-state index in [0.717, 1.165) is 48.9 Å². The van der Waals surface area contributed by atoms with E-state index in [9.17, 15) is 24.7 Å². The maximum atomic E-state index is 14.0. The highest BCUT2D eigenvalue weighted by molar-refractivity contribution is 5.91. The molecule has 6 rings (SSSR count). The molecule has 3 saturated heterocycles. The van der Waals surface area contributed by atoms with Crippen LogP contribution in [0.15, 0.2) is 36.4 Å². The molecule has 11 heteroatoms. The third-order valence-electron chi connectivity index (χ3n) is 11.3. The summed E-state index contributed by atoms with van der Waals surface area (Å²) in [6, 6.07) is 11.5. The Kier molecular flexibility index (Phi) is 10.2. The molecule has 11 nitrogen and oxygen atoms in total. The summed E-state index contributed by atoms with van der Waals surface area (Å²) in [4.78, 5) is 46.1. The van der Waals surface area contributed by atoms with E-state index in [-0.39, 0.29) is 34.8 Å². The smallest absolute Gasteiger partial charge is 0.410 e. The molecular formula is C37H51N5O6. The lowest BCUT2D eigenvalue weighted by molar-refractivity contribution is -0.867. The molecule has 4 heterocycles. The Morgan fingerprint density at radius 3 is 2.21 bits per heavy atom. The zero-order valence-electron chi connectivity index (χ0n) is 28.7. The minimum atomic E-state index is -0.988. The van der Waals surface area contributed by atoms with Crippen molar-refractivity contribution in [3.05, 3.63) is 63.9 Å². The van der Waals surface area contributed by atoms with Gasteiger partial charge >= 0.3 is 12.1 Å². The van der Waals surface area contributed by atoms with Crippen LogP contribution in [0.25, 0.3) is 0 Å². The molecule has 3 fully saturated rings. The standard InChI is InChI=1S/C37H51N5O6/c1-25-22-27(23-26(2)34(25)43)24-33(35(44)39-15-8-28(9-16-39)29-13-20-42(3,47)21-14-29)48-37(46)40-17-11-31(12-18-40)41-19-10-30-6-4-5-7-32(30)38-36(41)45/h4-7,22-23,28-29,31,33,43H,8-21,24H2,1-3H3,(H,38,45)/t29?,33-,42?/m1/s1. The molecule has 0 unspecified atom stereocenters. The van der Waals surface area contributed by atoms with Crippen LogP contribution in [-0.2, 0) is 22.4 Å². The van der Waals surface area contributed by atoms with Crippen LogP contribution >= 0.6 is 0 Å². The van der Waals surface area contributed by atoms with E-state index in [1.54, 1.807) is 11.9 Å². The number of urea groups is 1. The van der Waals surface area contributed by atoms with Gasteiger partial charge in [-0.3, -0.25) is 4.79 Å². The molecule has 4 amide bonds. The SMILES string of the molecule is Cc1cc(C[C@@H](OC(=O)N2CCC(N3CCc4ccccc4NC3=O)CC2)C(=O)N2CCC(C3CC[N+](C)([O-])CC3)CC2)cc(C)c1O. The van der Waals surface area contributed by atoms with Gasteiger partial charge in [0.05, 0.1) is 20.1 Å². The second-order valence-electron chi connectivity index (χ2n) is 14.6. The van der Waals surface area contributed by atoms with E-state index in [4.69, 9.17) is 4.74 Å². The van der Waals surface area contributed by atoms with Gasteiger partial charge in [0.2, 0.25) is 0 Å². The highest BCUT2D eigenvalue weighted by Gasteiger charge is 2.37. The molecule has 48 heavy (non-hydrogen) atoms. The van der Waals surface area contributed by atoms with Gasteiger partial charge in [-0.15, -0.1) is 0 Å². The second-order valence-corrected chi connectivity index (χ2v) is 14.6. The van der Waals surface area contributed by atoms with Crippen LogP contribution in [0.3, 0.4) is 0 Å². The molecule has 0 aromatic heterocycles. The summed E-state index contributed by atoms with van der Waals surface area (Å²) < 4.78 is 5.90. The average molecular weight is 662 g/mol. The lowest BCUT2D eigenvalue weighted by Crippen LogP contribution is -2.52. The molecular weight excluding hydrogens is 610 g/mol. The quantitative estimate of drug-likeness (QED) is 0.324. The third-order valence-corrected chi connectivity index (χ3v) is 11.3. The molecule has 0 radical (unpaired) electrons. The normalized spacial score (nSPS) is 24.8. The number of hydrogen-bond donors (Lipinski definition) is 2. The predicted molar refractivity (Wildman–Crippen MR) is 183 cm³/mol. The first-order valence-corrected chi connectivity index (χ1v) is 17.7. The molecule has 4 aliphatic rings. The van der Waals surface area contributed by atoms with E-state index in [1.807, 2.05) is 60.0 Å². The number of phenols is 1. The Hall–Kier alpha value is -3.83. The van der Waals surface area contributed by atoms with Crippen LogP contribution in [0.4, 0.5) is 15.3 Å². The number of rotatable bonds is 6.